The standard InChI is InChI=1S/C12H13N/c1-9-3-5-11(6-4-9)12(8-13)7-10(12)2/h3-6,10H,7H2,1-2H3. The summed E-state index contributed by atoms with van der Waals surface area (Å²) in [4.78, 5) is 0. The fourth-order valence-corrected chi connectivity index (χ4v) is 1.90. The maximum atomic E-state index is 9.10. The zero-order valence-corrected chi connectivity index (χ0v) is 8.04. The molecule has 13 heavy (non-hydrogen) atoms. The van der Waals surface area contributed by atoms with Crippen LogP contribution in [-0.2, 0) is 5.41 Å². The smallest absolute Gasteiger partial charge is 0.0851 e. The van der Waals surface area contributed by atoms with Crippen LogP contribution in [-0.4, -0.2) is 0 Å². The molecule has 1 aliphatic carbocycles. The molecular weight excluding hydrogens is 158 g/mol. The van der Waals surface area contributed by atoms with Gasteiger partial charge in [-0.3, -0.25) is 0 Å². The van der Waals surface area contributed by atoms with Crippen LogP contribution in [0.4, 0.5) is 0 Å². The van der Waals surface area contributed by atoms with Gasteiger partial charge in [0.1, 0.15) is 0 Å². The molecule has 1 heteroatoms. The van der Waals surface area contributed by atoms with Gasteiger partial charge in [-0.25, -0.2) is 0 Å². The summed E-state index contributed by atoms with van der Waals surface area (Å²) in [6.07, 6.45) is 1.02. The minimum Gasteiger partial charge on any atom is -0.197 e. The van der Waals surface area contributed by atoms with Gasteiger partial charge in [0.25, 0.3) is 0 Å². The van der Waals surface area contributed by atoms with E-state index in [0.717, 1.165) is 6.42 Å². The summed E-state index contributed by atoms with van der Waals surface area (Å²) in [5, 5.41) is 9.10. The SMILES string of the molecule is Cc1ccc(C2(C#N)CC2C)cc1. The molecule has 0 radical (unpaired) electrons. The predicted molar refractivity (Wildman–Crippen MR) is 52.3 cm³/mol. The van der Waals surface area contributed by atoms with Crippen molar-refractivity contribution >= 4 is 0 Å². The molecule has 0 spiro atoms. The van der Waals surface area contributed by atoms with Crippen molar-refractivity contribution in [3.63, 3.8) is 0 Å². The van der Waals surface area contributed by atoms with Crippen molar-refractivity contribution in [1.82, 2.24) is 0 Å². The second-order valence-electron chi connectivity index (χ2n) is 4.05. The van der Waals surface area contributed by atoms with E-state index in [9.17, 15) is 0 Å². The number of aryl methyl sites for hydroxylation is 1. The van der Waals surface area contributed by atoms with Gasteiger partial charge in [-0.05, 0) is 24.8 Å². The van der Waals surface area contributed by atoms with E-state index in [1.165, 1.54) is 11.1 Å². The molecule has 0 aromatic heterocycles. The zero-order valence-electron chi connectivity index (χ0n) is 8.04. The number of benzene rings is 1. The zero-order chi connectivity index (χ0) is 9.47. The van der Waals surface area contributed by atoms with Crippen molar-refractivity contribution in [2.45, 2.75) is 25.7 Å². The summed E-state index contributed by atoms with van der Waals surface area (Å²) in [5.74, 6) is 0.528. The summed E-state index contributed by atoms with van der Waals surface area (Å²) in [6.45, 7) is 4.21. The van der Waals surface area contributed by atoms with Crippen molar-refractivity contribution in [1.29, 1.82) is 5.26 Å². The Balaban J connectivity index is 2.38. The molecule has 1 aromatic rings. The monoisotopic (exact) mass is 171 g/mol. The first-order chi connectivity index (χ1) is 6.19. The Labute approximate surface area is 79.0 Å². The molecule has 2 unspecified atom stereocenters. The molecule has 66 valence electrons. The largest absolute Gasteiger partial charge is 0.197 e. The third-order valence-corrected chi connectivity index (χ3v) is 3.08. The fraction of sp³-hybridized carbons (Fsp3) is 0.417. The van der Waals surface area contributed by atoms with E-state index in [-0.39, 0.29) is 5.41 Å². The van der Waals surface area contributed by atoms with Crippen molar-refractivity contribution in [2.24, 2.45) is 5.92 Å². The van der Waals surface area contributed by atoms with Crippen molar-refractivity contribution in [3.05, 3.63) is 35.4 Å². The molecule has 1 fully saturated rings. The van der Waals surface area contributed by atoms with E-state index in [2.05, 4.69) is 44.2 Å². The van der Waals surface area contributed by atoms with Gasteiger partial charge in [0.05, 0.1) is 11.5 Å². The van der Waals surface area contributed by atoms with E-state index in [4.69, 9.17) is 5.26 Å². The number of hydrogen-bond donors (Lipinski definition) is 0. The first-order valence-electron chi connectivity index (χ1n) is 4.67. The summed E-state index contributed by atoms with van der Waals surface area (Å²) in [7, 11) is 0. The number of nitriles is 1. The highest BCUT2D eigenvalue weighted by Gasteiger charge is 2.52. The van der Waals surface area contributed by atoms with Crippen LogP contribution in [0.1, 0.15) is 24.5 Å². The molecule has 1 aliphatic rings. The molecule has 2 rings (SSSR count). The Morgan fingerprint density at radius 2 is 1.92 bits per heavy atom. The van der Waals surface area contributed by atoms with Gasteiger partial charge in [0.2, 0.25) is 0 Å². The maximum absolute atomic E-state index is 9.10. The normalized spacial score (nSPS) is 31.0. The summed E-state index contributed by atoms with van der Waals surface area (Å²) >= 11 is 0. The Morgan fingerprint density at radius 3 is 2.31 bits per heavy atom. The molecule has 1 saturated carbocycles. The van der Waals surface area contributed by atoms with Crippen LogP contribution in [0.15, 0.2) is 24.3 Å². The molecule has 0 amide bonds. The number of nitrogens with zero attached hydrogens (tertiary/aromatic N) is 1. The lowest BCUT2D eigenvalue weighted by Crippen LogP contribution is -2.05. The van der Waals surface area contributed by atoms with Crippen molar-refractivity contribution in [3.8, 4) is 6.07 Å². The Kier molecular flexibility index (Phi) is 1.66. The molecule has 1 nitrogen and oxygen atoms in total. The van der Waals surface area contributed by atoms with Crippen LogP contribution >= 0.6 is 0 Å². The molecule has 1 aromatic carbocycles. The van der Waals surface area contributed by atoms with Crippen LogP contribution in [0.2, 0.25) is 0 Å². The van der Waals surface area contributed by atoms with Crippen LogP contribution in [0.25, 0.3) is 0 Å². The average Bonchev–Trinajstić information content (AvgIpc) is 2.79. The van der Waals surface area contributed by atoms with Crippen LogP contribution in [0, 0.1) is 24.2 Å². The average molecular weight is 171 g/mol. The van der Waals surface area contributed by atoms with Crippen LogP contribution < -0.4 is 0 Å². The highest BCUT2D eigenvalue weighted by atomic mass is 14.6. The molecular formula is C12H13N. The van der Waals surface area contributed by atoms with Gasteiger partial charge in [0.15, 0.2) is 0 Å². The Morgan fingerprint density at radius 1 is 1.38 bits per heavy atom. The quantitative estimate of drug-likeness (QED) is 0.637. The first-order valence-corrected chi connectivity index (χ1v) is 4.67. The minimum atomic E-state index is -0.159. The summed E-state index contributed by atoms with van der Waals surface area (Å²) in [5.41, 5.74) is 2.28. The molecule has 0 aliphatic heterocycles. The lowest BCUT2D eigenvalue weighted by molar-refractivity contribution is 0.791. The second kappa shape index (κ2) is 2.60. The molecule has 0 bridgehead atoms. The van der Waals surface area contributed by atoms with E-state index in [0.29, 0.717) is 5.92 Å². The Hall–Kier alpha value is -1.29. The number of rotatable bonds is 1. The summed E-state index contributed by atoms with van der Waals surface area (Å²) in [6, 6.07) is 10.8. The lowest BCUT2D eigenvalue weighted by atomic mass is 9.94. The van der Waals surface area contributed by atoms with Crippen LogP contribution in [0.3, 0.4) is 0 Å². The number of hydrogen-bond acceptors (Lipinski definition) is 1. The third kappa shape index (κ3) is 1.14. The Bertz CT molecular complexity index is 358. The van der Waals surface area contributed by atoms with Crippen molar-refractivity contribution in [2.75, 3.05) is 0 Å². The van der Waals surface area contributed by atoms with Crippen molar-refractivity contribution < 1.29 is 0 Å². The fourth-order valence-electron chi connectivity index (χ4n) is 1.90. The molecule has 2 atom stereocenters. The summed E-state index contributed by atoms with van der Waals surface area (Å²) < 4.78 is 0. The van der Waals surface area contributed by atoms with E-state index < -0.39 is 0 Å². The molecule has 0 saturated heterocycles. The topological polar surface area (TPSA) is 23.8 Å². The molecule has 0 N–H and O–H groups in total. The minimum absolute atomic E-state index is 0.159. The van der Waals surface area contributed by atoms with Crippen LogP contribution in [0.5, 0.6) is 0 Å². The highest BCUT2D eigenvalue weighted by Crippen LogP contribution is 2.53. The van der Waals surface area contributed by atoms with Gasteiger partial charge >= 0.3 is 0 Å². The van der Waals surface area contributed by atoms with Gasteiger partial charge in [-0.1, -0.05) is 36.8 Å². The first kappa shape index (κ1) is 8.31. The third-order valence-electron chi connectivity index (χ3n) is 3.08. The maximum Gasteiger partial charge on any atom is 0.0851 e. The van der Waals surface area contributed by atoms with Gasteiger partial charge < -0.3 is 0 Å². The second-order valence-corrected chi connectivity index (χ2v) is 4.05. The highest BCUT2D eigenvalue weighted by molar-refractivity contribution is 5.41. The van der Waals surface area contributed by atoms with E-state index in [1.54, 1.807) is 0 Å². The molecule has 0 heterocycles. The van der Waals surface area contributed by atoms with E-state index >= 15 is 0 Å². The van der Waals surface area contributed by atoms with Gasteiger partial charge in [-0.2, -0.15) is 5.26 Å². The lowest BCUT2D eigenvalue weighted by Gasteiger charge is -2.07. The predicted octanol–water partition coefficient (Wildman–Crippen LogP) is 2.80. The van der Waals surface area contributed by atoms with Gasteiger partial charge in [-0.15, -0.1) is 0 Å². The van der Waals surface area contributed by atoms with E-state index in [1.807, 2.05) is 0 Å². The van der Waals surface area contributed by atoms with Gasteiger partial charge in [0, 0.05) is 0 Å².